The summed E-state index contributed by atoms with van der Waals surface area (Å²) in [4.78, 5) is 29.7. The molecule has 0 aromatic heterocycles. The van der Waals surface area contributed by atoms with E-state index in [0.29, 0.717) is 22.2 Å². The minimum absolute atomic E-state index is 0.0156. The molecular formula is C34H35Cl2N3O4S. The summed E-state index contributed by atoms with van der Waals surface area (Å²) in [6, 6.07) is 29.6. The molecule has 44 heavy (non-hydrogen) atoms. The van der Waals surface area contributed by atoms with Crippen molar-refractivity contribution in [2.45, 2.75) is 50.2 Å². The van der Waals surface area contributed by atoms with Crippen molar-refractivity contribution >= 4 is 50.7 Å². The zero-order valence-electron chi connectivity index (χ0n) is 24.6. The first-order valence-corrected chi connectivity index (χ1v) is 16.5. The van der Waals surface area contributed by atoms with Crippen LogP contribution in [0.25, 0.3) is 0 Å². The van der Waals surface area contributed by atoms with E-state index in [-0.39, 0.29) is 29.8 Å². The van der Waals surface area contributed by atoms with Gasteiger partial charge in [-0.3, -0.25) is 13.9 Å². The van der Waals surface area contributed by atoms with E-state index in [0.717, 1.165) is 15.4 Å². The fourth-order valence-electron chi connectivity index (χ4n) is 4.64. The lowest BCUT2D eigenvalue weighted by molar-refractivity contribution is -0.140. The van der Waals surface area contributed by atoms with E-state index in [2.05, 4.69) is 5.32 Å². The Morgan fingerprint density at radius 1 is 0.773 bits per heavy atom. The van der Waals surface area contributed by atoms with Crippen molar-refractivity contribution in [3.05, 3.63) is 130 Å². The third-order valence-electron chi connectivity index (χ3n) is 7.26. The van der Waals surface area contributed by atoms with Crippen LogP contribution in [0.1, 0.15) is 31.4 Å². The van der Waals surface area contributed by atoms with E-state index in [1.165, 1.54) is 29.2 Å². The van der Waals surface area contributed by atoms with Crippen LogP contribution in [-0.4, -0.2) is 43.8 Å². The number of benzene rings is 4. The van der Waals surface area contributed by atoms with E-state index >= 15 is 0 Å². The van der Waals surface area contributed by atoms with Crippen molar-refractivity contribution < 1.29 is 18.0 Å². The third-order valence-corrected chi connectivity index (χ3v) is 9.56. The number of hydrogen-bond acceptors (Lipinski definition) is 4. The van der Waals surface area contributed by atoms with Gasteiger partial charge in [0.05, 0.1) is 10.6 Å². The van der Waals surface area contributed by atoms with Gasteiger partial charge in [-0.15, -0.1) is 0 Å². The normalized spacial score (nSPS) is 12.6. The van der Waals surface area contributed by atoms with Crippen LogP contribution >= 0.6 is 23.2 Å². The molecule has 0 unspecified atom stereocenters. The Bertz CT molecular complexity index is 1640. The molecule has 0 saturated heterocycles. The summed E-state index contributed by atoms with van der Waals surface area (Å²) in [6.07, 6.45) is 0.938. The number of nitrogens with zero attached hydrogens (tertiary/aromatic N) is 2. The number of rotatable bonds is 13. The Kier molecular flexibility index (Phi) is 11.4. The van der Waals surface area contributed by atoms with Crippen LogP contribution in [0.15, 0.2) is 114 Å². The van der Waals surface area contributed by atoms with Gasteiger partial charge in [-0.2, -0.15) is 0 Å². The number of halogens is 2. The molecule has 0 aliphatic heterocycles. The van der Waals surface area contributed by atoms with Crippen molar-refractivity contribution in [1.82, 2.24) is 10.2 Å². The Balaban J connectivity index is 1.78. The maximum atomic E-state index is 14.4. The van der Waals surface area contributed by atoms with Gasteiger partial charge >= 0.3 is 0 Å². The average molecular weight is 653 g/mol. The lowest BCUT2D eigenvalue weighted by Gasteiger charge is -2.34. The Labute approximate surface area is 269 Å². The topological polar surface area (TPSA) is 86.8 Å². The summed E-state index contributed by atoms with van der Waals surface area (Å²) in [5, 5.41) is 3.95. The fourth-order valence-corrected chi connectivity index (χ4v) is 6.30. The van der Waals surface area contributed by atoms with E-state index in [1.54, 1.807) is 54.6 Å². The molecule has 0 saturated carbocycles. The molecule has 230 valence electrons. The lowest BCUT2D eigenvalue weighted by atomic mass is 10.0. The number of nitrogens with one attached hydrogen (secondary N) is 1. The minimum atomic E-state index is -4.20. The van der Waals surface area contributed by atoms with Gasteiger partial charge in [0.25, 0.3) is 10.0 Å². The Hall–Kier alpha value is -3.85. The highest BCUT2D eigenvalue weighted by Crippen LogP contribution is 2.26. The molecule has 0 aliphatic rings. The zero-order valence-corrected chi connectivity index (χ0v) is 26.9. The number of anilines is 1. The Morgan fingerprint density at radius 2 is 1.32 bits per heavy atom. The maximum Gasteiger partial charge on any atom is 0.264 e. The smallest absolute Gasteiger partial charge is 0.264 e. The second-order valence-corrected chi connectivity index (χ2v) is 13.2. The van der Waals surface area contributed by atoms with Crippen LogP contribution in [-0.2, 0) is 32.6 Å². The van der Waals surface area contributed by atoms with Crippen LogP contribution in [0.5, 0.6) is 0 Å². The van der Waals surface area contributed by atoms with Gasteiger partial charge in [0.1, 0.15) is 12.6 Å². The molecule has 2 atom stereocenters. The van der Waals surface area contributed by atoms with Crippen LogP contribution in [0.3, 0.4) is 0 Å². The molecule has 0 heterocycles. The first-order valence-electron chi connectivity index (χ1n) is 14.3. The second-order valence-electron chi connectivity index (χ2n) is 10.5. The summed E-state index contributed by atoms with van der Waals surface area (Å²) in [5.41, 5.74) is 1.91. The van der Waals surface area contributed by atoms with Crippen LogP contribution in [0, 0.1) is 0 Å². The molecule has 10 heteroatoms. The SMILES string of the molecule is CC[C@@H](C)NC(=O)[C@@H](Cc1ccccc1)N(Cc1ccc(Cl)cc1)C(=O)CN(c1ccccc1)S(=O)(=O)c1ccc(Cl)cc1. The number of hydrogen-bond donors (Lipinski definition) is 1. The molecule has 4 aromatic rings. The number of carbonyl (C=O) groups is 2. The molecule has 0 bridgehead atoms. The molecule has 0 radical (unpaired) electrons. The number of para-hydroxylation sites is 1. The van der Waals surface area contributed by atoms with Gasteiger partial charge in [0.2, 0.25) is 11.8 Å². The molecule has 0 fully saturated rings. The van der Waals surface area contributed by atoms with Crippen molar-refractivity contribution in [2.75, 3.05) is 10.8 Å². The zero-order chi connectivity index (χ0) is 31.7. The molecule has 0 aliphatic carbocycles. The van der Waals surface area contributed by atoms with Crippen LogP contribution < -0.4 is 9.62 Å². The molecular weight excluding hydrogens is 617 g/mol. The summed E-state index contributed by atoms with van der Waals surface area (Å²) < 4.78 is 29.1. The fraction of sp³-hybridized carbons (Fsp3) is 0.235. The largest absolute Gasteiger partial charge is 0.352 e. The first-order chi connectivity index (χ1) is 21.1. The van der Waals surface area contributed by atoms with E-state index in [4.69, 9.17) is 23.2 Å². The van der Waals surface area contributed by atoms with E-state index in [9.17, 15) is 18.0 Å². The summed E-state index contributed by atoms with van der Waals surface area (Å²) >= 11 is 12.2. The molecule has 7 nitrogen and oxygen atoms in total. The molecule has 4 rings (SSSR count). The third kappa shape index (κ3) is 8.62. The van der Waals surface area contributed by atoms with E-state index < -0.39 is 28.5 Å². The average Bonchev–Trinajstić information content (AvgIpc) is 3.03. The quantitative estimate of drug-likeness (QED) is 0.173. The molecule has 2 amide bonds. The minimum Gasteiger partial charge on any atom is -0.352 e. The second kappa shape index (κ2) is 15.2. The Morgan fingerprint density at radius 3 is 1.89 bits per heavy atom. The summed E-state index contributed by atoms with van der Waals surface area (Å²) in [6.45, 7) is 3.39. The van der Waals surface area contributed by atoms with Crippen molar-refractivity contribution in [2.24, 2.45) is 0 Å². The van der Waals surface area contributed by atoms with Gasteiger partial charge < -0.3 is 10.2 Å². The van der Waals surface area contributed by atoms with Gasteiger partial charge in [0, 0.05) is 29.1 Å². The molecule has 4 aromatic carbocycles. The van der Waals surface area contributed by atoms with Gasteiger partial charge in [0.15, 0.2) is 0 Å². The molecule has 1 N–H and O–H groups in total. The summed E-state index contributed by atoms with van der Waals surface area (Å²) in [5.74, 6) is -0.862. The monoisotopic (exact) mass is 651 g/mol. The molecule has 0 spiro atoms. The van der Waals surface area contributed by atoms with E-state index in [1.807, 2.05) is 44.2 Å². The van der Waals surface area contributed by atoms with Crippen molar-refractivity contribution in [3.63, 3.8) is 0 Å². The number of amides is 2. The maximum absolute atomic E-state index is 14.4. The lowest BCUT2D eigenvalue weighted by Crippen LogP contribution is -2.54. The first kappa shape index (κ1) is 33.1. The number of sulfonamides is 1. The van der Waals surface area contributed by atoms with Crippen LogP contribution in [0.2, 0.25) is 10.0 Å². The van der Waals surface area contributed by atoms with Crippen LogP contribution in [0.4, 0.5) is 5.69 Å². The van der Waals surface area contributed by atoms with Gasteiger partial charge in [-0.05, 0) is 73.0 Å². The highest BCUT2D eigenvalue weighted by atomic mass is 35.5. The van der Waals surface area contributed by atoms with Crippen molar-refractivity contribution in [3.8, 4) is 0 Å². The highest BCUT2D eigenvalue weighted by molar-refractivity contribution is 7.92. The highest BCUT2D eigenvalue weighted by Gasteiger charge is 2.35. The van der Waals surface area contributed by atoms with Gasteiger partial charge in [-0.1, -0.05) is 90.8 Å². The number of carbonyl (C=O) groups excluding carboxylic acids is 2. The predicted molar refractivity (Wildman–Crippen MR) is 176 cm³/mol. The summed E-state index contributed by atoms with van der Waals surface area (Å²) in [7, 11) is -4.20. The van der Waals surface area contributed by atoms with Gasteiger partial charge in [-0.25, -0.2) is 8.42 Å². The predicted octanol–water partition coefficient (Wildman–Crippen LogP) is 6.74. The van der Waals surface area contributed by atoms with Crippen molar-refractivity contribution in [1.29, 1.82) is 0 Å². The standard InChI is InChI=1S/C34H35Cl2N3O4S/c1-3-25(2)37-34(41)32(22-26-10-6-4-7-11-26)38(23-27-14-16-28(35)17-15-27)33(40)24-39(30-12-8-5-9-13-30)44(42,43)31-20-18-29(36)19-21-31/h4-21,25,32H,3,22-24H2,1-2H3,(H,37,41)/t25-,32-/m1/s1.